The first kappa shape index (κ1) is 12.1. The lowest BCUT2D eigenvalue weighted by atomic mass is 10.1. The molecule has 0 atom stereocenters. The van der Waals surface area contributed by atoms with Gasteiger partial charge < -0.3 is 0 Å². The van der Waals surface area contributed by atoms with Crippen LogP contribution in [0.3, 0.4) is 0 Å². The average molecular weight is 243 g/mol. The molecule has 1 aromatic carbocycles. The monoisotopic (exact) mass is 242 g/mol. The summed E-state index contributed by atoms with van der Waals surface area (Å²) in [6.45, 7) is 4.25. The first-order valence-electron chi connectivity index (χ1n) is 3.76. The van der Waals surface area contributed by atoms with Crippen LogP contribution in [0.1, 0.15) is 16.7 Å². The molecule has 0 unspecified atom stereocenters. The van der Waals surface area contributed by atoms with Crippen LogP contribution in [0.4, 0.5) is 0 Å². The van der Waals surface area contributed by atoms with Crippen LogP contribution >= 0.6 is 15.9 Å². The Kier molecular flexibility index (Phi) is 6.11. The Morgan fingerprint density at radius 3 is 1.85 bits per heavy atom. The third-order valence-corrected chi connectivity index (χ3v) is 2.08. The van der Waals surface area contributed by atoms with Crippen molar-refractivity contribution < 1.29 is 9.59 Å². The van der Waals surface area contributed by atoms with Crippen molar-refractivity contribution in [3.8, 4) is 0 Å². The van der Waals surface area contributed by atoms with E-state index in [9.17, 15) is 0 Å². The number of halogens is 1. The van der Waals surface area contributed by atoms with Crippen molar-refractivity contribution in [3.63, 3.8) is 0 Å². The maximum absolute atomic E-state index is 8.12. The molecule has 0 aliphatic carbocycles. The van der Waals surface area contributed by atoms with Gasteiger partial charge in [0, 0.05) is 5.33 Å². The zero-order chi connectivity index (χ0) is 10.3. The molecule has 1 aromatic rings. The van der Waals surface area contributed by atoms with Crippen LogP contribution in [-0.2, 0) is 14.9 Å². The number of rotatable bonds is 1. The fourth-order valence-corrected chi connectivity index (χ4v) is 1.47. The molecule has 0 fully saturated rings. The molecule has 2 nitrogen and oxygen atoms in total. The fourth-order valence-electron chi connectivity index (χ4n) is 1.15. The van der Waals surface area contributed by atoms with Crippen LogP contribution in [0.5, 0.6) is 0 Å². The Morgan fingerprint density at radius 1 is 1.15 bits per heavy atom. The summed E-state index contributed by atoms with van der Waals surface area (Å²) in [5.41, 5.74) is 4.04. The van der Waals surface area contributed by atoms with Crippen molar-refractivity contribution >= 4 is 22.1 Å². The Hall–Kier alpha value is -0.920. The zero-order valence-electron chi connectivity index (χ0n) is 7.63. The van der Waals surface area contributed by atoms with E-state index in [1.54, 1.807) is 0 Å². The van der Waals surface area contributed by atoms with Crippen LogP contribution in [-0.4, -0.2) is 6.15 Å². The lowest BCUT2D eigenvalue weighted by Crippen LogP contribution is -1.81. The minimum Gasteiger partial charge on any atom is -0.186 e. The van der Waals surface area contributed by atoms with E-state index in [-0.39, 0.29) is 6.15 Å². The minimum atomic E-state index is 0.250. The van der Waals surface area contributed by atoms with Gasteiger partial charge in [-0.15, -0.1) is 0 Å². The van der Waals surface area contributed by atoms with Gasteiger partial charge in [0.1, 0.15) is 0 Å². The van der Waals surface area contributed by atoms with Gasteiger partial charge in [-0.2, -0.15) is 9.59 Å². The van der Waals surface area contributed by atoms with Gasteiger partial charge in [-0.05, 0) is 19.4 Å². The summed E-state index contributed by atoms with van der Waals surface area (Å²) in [5.74, 6) is 0. The van der Waals surface area contributed by atoms with Crippen LogP contribution in [0, 0.1) is 13.8 Å². The summed E-state index contributed by atoms with van der Waals surface area (Å²) in [7, 11) is 0. The molecule has 13 heavy (non-hydrogen) atoms. The largest absolute Gasteiger partial charge is 0.373 e. The van der Waals surface area contributed by atoms with Crippen molar-refractivity contribution in [3.05, 3.63) is 34.9 Å². The SMILES string of the molecule is Cc1cc(C)cc(CBr)c1.O=C=O. The number of aryl methyl sites for hydroxylation is 2. The van der Waals surface area contributed by atoms with Crippen molar-refractivity contribution in [2.75, 3.05) is 0 Å². The molecule has 0 radical (unpaired) electrons. The lowest BCUT2D eigenvalue weighted by molar-refractivity contribution is -0.191. The molecule has 0 aliphatic rings. The topological polar surface area (TPSA) is 34.1 Å². The average Bonchev–Trinajstić information content (AvgIpc) is 2.04. The number of benzene rings is 1. The first-order valence-corrected chi connectivity index (χ1v) is 4.88. The van der Waals surface area contributed by atoms with Gasteiger partial charge in [-0.1, -0.05) is 45.3 Å². The lowest BCUT2D eigenvalue weighted by Gasteiger charge is -1.99. The number of hydrogen-bond acceptors (Lipinski definition) is 2. The summed E-state index contributed by atoms with van der Waals surface area (Å²) >= 11 is 3.43. The van der Waals surface area contributed by atoms with Gasteiger partial charge in [0.25, 0.3) is 0 Å². The van der Waals surface area contributed by atoms with Gasteiger partial charge in [0.15, 0.2) is 0 Å². The molecule has 3 heteroatoms. The van der Waals surface area contributed by atoms with Crippen LogP contribution in [0.25, 0.3) is 0 Å². The van der Waals surface area contributed by atoms with E-state index in [1.165, 1.54) is 16.7 Å². The fraction of sp³-hybridized carbons (Fsp3) is 0.300. The maximum atomic E-state index is 8.12. The highest BCUT2D eigenvalue weighted by molar-refractivity contribution is 9.08. The molecule has 1 rings (SSSR count). The second-order valence-electron chi connectivity index (χ2n) is 2.71. The molecule has 0 aliphatic heterocycles. The van der Waals surface area contributed by atoms with Crippen LogP contribution < -0.4 is 0 Å². The maximum Gasteiger partial charge on any atom is 0.373 e. The highest BCUT2D eigenvalue weighted by Gasteiger charge is 1.91. The molecule has 0 heterocycles. The molecule has 0 saturated carbocycles. The molecule has 70 valence electrons. The second-order valence-corrected chi connectivity index (χ2v) is 3.27. The normalized spacial score (nSPS) is 8.23. The molecular weight excluding hydrogens is 232 g/mol. The molecule has 0 amide bonds. The van der Waals surface area contributed by atoms with E-state index >= 15 is 0 Å². The highest BCUT2D eigenvalue weighted by Crippen LogP contribution is 2.11. The van der Waals surface area contributed by atoms with Crippen LogP contribution in [0.2, 0.25) is 0 Å². The van der Waals surface area contributed by atoms with Gasteiger partial charge in [-0.25, -0.2) is 0 Å². The molecule has 0 saturated heterocycles. The van der Waals surface area contributed by atoms with Crippen molar-refractivity contribution in [2.24, 2.45) is 0 Å². The smallest absolute Gasteiger partial charge is 0.186 e. The Morgan fingerprint density at radius 2 is 1.54 bits per heavy atom. The van der Waals surface area contributed by atoms with Gasteiger partial charge in [-0.3, -0.25) is 0 Å². The number of alkyl halides is 1. The second kappa shape index (κ2) is 6.58. The Labute approximate surface area is 86.1 Å². The predicted octanol–water partition coefficient (Wildman–Crippen LogP) is 2.61. The quantitative estimate of drug-likeness (QED) is 0.710. The van der Waals surface area contributed by atoms with E-state index in [2.05, 4.69) is 48.0 Å². The van der Waals surface area contributed by atoms with Crippen molar-refractivity contribution in [2.45, 2.75) is 19.2 Å². The molecule has 0 N–H and O–H groups in total. The van der Waals surface area contributed by atoms with Gasteiger partial charge in [0.2, 0.25) is 0 Å². The molecule has 0 aromatic heterocycles. The van der Waals surface area contributed by atoms with E-state index < -0.39 is 0 Å². The van der Waals surface area contributed by atoms with E-state index in [0.29, 0.717) is 0 Å². The molecular formula is C10H11BrO2. The molecule has 0 bridgehead atoms. The Balaban J connectivity index is 0.000000424. The van der Waals surface area contributed by atoms with E-state index in [4.69, 9.17) is 9.59 Å². The summed E-state index contributed by atoms with van der Waals surface area (Å²) in [6.07, 6.45) is 0.250. The third kappa shape index (κ3) is 5.34. The van der Waals surface area contributed by atoms with E-state index in [1.807, 2.05) is 0 Å². The number of hydrogen-bond donors (Lipinski definition) is 0. The minimum absolute atomic E-state index is 0.250. The standard InChI is InChI=1S/C9H11Br.CO2/c1-7-3-8(2)5-9(4-7)6-10;2-1-3/h3-5H,6H2,1-2H3;. The van der Waals surface area contributed by atoms with E-state index in [0.717, 1.165) is 5.33 Å². The first-order chi connectivity index (χ1) is 6.13. The van der Waals surface area contributed by atoms with Crippen molar-refractivity contribution in [1.29, 1.82) is 0 Å². The van der Waals surface area contributed by atoms with Crippen molar-refractivity contribution in [1.82, 2.24) is 0 Å². The summed E-state index contributed by atoms with van der Waals surface area (Å²) in [5, 5.41) is 0.954. The highest BCUT2D eigenvalue weighted by atomic mass is 79.9. The molecule has 0 spiro atoms. The predicted molar refractivity (Wildman–Crippen MR) is 53.6 cm³/mol. The number of carbonyl (C=O) groups excluding carboxylic acids is 2. The van der Waals surface area contributed by atoms with Crippen LogP contribution in [0.15, 0.2) is 18.2 Å². The summed E-state index contributed by atoms with van der Waals surface area (Å²) < 4.78 is 0. The van der Waals surface area contributed by atoms with Gasteiger partial charge >= 0.3 is 6.15 Å². The van der Waals surface area contributed by atoms with Gasteiger partial charge in [0.05, 0.1) is 0 Å². The zero-order valence-corrected chi connectivity index (χ0v) is 9.22. The summed E-state index contributed by atoms with van der Waals surface area (Å²) in [6, 6.07) is 6.58. The summed E-state index contributed by atoms with van der Waals surface area (Å²) in [4.78, 5) is 16.2. The third-order valence-electron chi connectivity index (χ3n) is 1.44. The Bertz CT molecular complexity index is 282.